The Morgan fingerprint density at radius 2 is 0.800 bits per heavy atom. The Labute approximate surface area is 342 Å². The molecule has 0 aliphatic heterocycles. The number of aliphatic hydroxyl groups excluding tert-OH is 2. The van der Waals surface area contributed by atoms with Gasteiger partial charge in [-0.25, -0.2) is 0 Å². The molecule has 55 heavy (non-hydrogen) atoms. The molecule has 0 aliphatic rings. The average molecular weight is 766 g/mol. The van der Waals surface area contributed by atoms with Crippen LogP contribution in [0.4, 0.5) is 0 Å². The van der Waals surface area contributed by atoms with Crippen molar-refractivity contribution < 1.29 is 15.0 Å². The third-order valence-corrected chi connectivity index (χ3v) is 10.5. The number of hydrogen-bond acceptors (Lipinski definition) is 3. The van der Waals surface area contributed by atoms with E-state index in [4.69, 9.17) is 0 Å². The van der Waals surface area contributed by atoms with Gasteiger partial charge in [0.25, 0.3) is 0 Å². The lowest BCUT2D eigenvalue weighted by molar-refractivity contribution is -0.123. The molecular formula is C51H91NO3. The summed E-state index contributed by atoms with van der Waals surface area (Å²) in [6.07, 6.45) is 65.7. The molecule has 0 heterocycles. The van der Waals surface area contributed by atoms with Gasteiger partial charge in [0.2, 0.25) is 5.91 Å². The molecule has 0 fully saturated rings. The first kappa shape index (κ1) is 52.8. The lowest BCUT2D eigenvalue weighted by atomic mass is 10.0. The summed E-state index contributed by atoms with van der Waals surface area (Å²) < 4.78 is 0. The number of rotatable bonds is 42. The summed E-state index contributed by atoms with van der Waals surface area (Å²) in [4.78, 5) is 12.4. The maximum absolute atomic E-state index is 12.4. The zero-order chi connectivity index (χ0) is 40.0. The van der Waals surface area contributed by atoms with Crippen molar-refractivity contribution >= 4 is 5.91 Å². The van der Waals surface area contributed by atoms with Gasteiger partial charge in [-0.2, -0.15) is 0 Å². The first-order valence-corrected chi connectivity index (χ1v) is 23.6. The molecule has 4 nitrogen and oxygen atoms in total. The van der Waals surface area contributed by atoms with Crippen LogP contribution in [0, 0.1) is 0 Å². The summed E-state index contributed by atoms with van der Waals surface area (Å²) in [5, 5.41) is 23.1. The quantitative estimate of drug-likeness (QED) is 0.0428. The van der Waals surface area contributed by atoms with Crippen molar-refractivity contribution in [3.05, 3.63) is 72.9 Å². The second kappa shape index (κ2) is 46.2. The molecule has 4 heteroatoms. The second-order valence-electron chi connectivity index (χ2n) is 15.8. The van der Waals surface area contributed by atoms with E-state index in [-0.39, 0.29) is 12.5 Å². The average Bonchev–Trinajstić information content (AvgIpc) is 3.19. The van der Waals surface area contributed by atoms with Gasteiger partial charge in [-0.1, -0.05) is 228 Å². The summed E-state index contributed by atoms with van der Waals surface area (Å²) in [5.74, 6) is -0.0361. The van der Waals surface area contributed by atoms with Crippen LogP contribution in [-0.4, -0.2) is 34.9 Å². The maximum Gasteiger partial charge on any atom is 0.220 e. The van der Waals surface area contributed by atoms with Gasteiger partial charge in [-0.3, -0.25) is 4.79 Å². The molecule has 0 rings (SSSR count). The van der Waals surface area contributed by atoms with Crippen LogP contribution in [0.3, 0.4) is 0 Å². The van der Waals surface area contributed by atoms with E-state index in [1.165, 1.54) is 135 Å². The smallest absolute Gasteiger partial charge is 0.220 e. The maximum atomic E-state index is 12.4. The van der Waals surface area contributed by atoms with E-state index in [1.54, 1.807) is 0 Å². The minimum atomic E-state index is -0.660. The fourth-order valence-electron chi connectivity index (χ4n) is 6.89. The van der Waals surface area contributed by atoms with E-state index in [1.807, 2.05) is 0 Å². The van der Waals surface area contributed by atoms with E-state index in [9.17, 15) is 15.0 Å². The standard InChI is InChI=1S/C51H91NO3/c1-3-5-7-9-11-13-15-16-17-18-19-20-21-22-23-24-25-26-27-28-29-30-31-32-33-34-35-36-37-39-41-43-45-47-51(55)52-49(48-53)50(54)46-44-42-40-38-14-12-10-8-6-4-2/h5,7,11,13,16-17,19-20,22-23,25-26,49-50,53-54H,3-4,6,8-10,12,14-15,18,21,24,27-48H2,1-2H3,(H,52,55)/b7-5-,13-11-,17-16-,20-19-,23-22-,26-25-. The number of aliphatic hydroxyl groups is 2. The lowest BCUT2D eigenvalue weighted by Gasteiger charge is -2.22. The van der Waals surface area contributed by atoms with Crippen molar-refractivity contribution in [2.45, 2.75) is 238 Å². The Morgan fingerprint density at radius 3 is 1.20 bits per heavy atom. The molecular weight excluding hydrogens is 675 g/mol. The van der Waals surface area contributed by atoms with Gasteiger partial charge >= 0.3 is 0 Å². The zero-order valence-corrected chi connectivity index (χ0v) is 36.4. The summed E-state index contributed by atoms with van der Waals surface area (Å²) in [7, 11) is 0. The number of amides is 1. The first-order chi connectivity index (χ1) is 27.2. The molecule has 0 spiro atoms. The number of hydrogen-bond donors (Lipinski definition) is 3. The summed E-state index contributed by atoms with van der Waals surface area (Å²) in [5.41, 5.74) is 0. The number of carbonyl (C=O) groups is 1. The fraction of sp³-hybridized carbons (Fsp3) is 0.745. The molecule has 2 atom stereocenters. The Kier molecular flexibility index (Phi) is 44.4. The van der Waals surface area contributed by atoms with Gasteiger partial charge < -0.3 is 15.5 Å². The van der Waals surface area contributed by atoms with Gasteiger partial charge in [0.1, 0.15) is 0 Å². The summed E-state index contributed by atoms with van der Waals surface area (Å²) in [6.45, 7) is 4.22. The summed E-state index contributed by atoms with van der Waals surface area (Å²) in [6, 6.07) is -0.537. The Bertz CT molecular complexity index is 961. The first-order valence-electron chi connectivity index (χ1n) is 23.6. The van der Waals surface area contributed by atoms with Crippen LogP contribution in [0.15, 0.2) is 72.9 Å². The molecule has 318 valence electrons. The molecule has 0 bridgehead atoms. The van der Waals surface area contributed by atoms with E-state index in [0.29, 0.717) is 12.8 Å². The third kappa shape index (κ3) is 42.8. The molecule has 0 aromatic carbocycles. The molecule has 0 aromatic rings. The Balaban J connectivity index is 3.49. The topological polar surface area (TPSA) is 69.6 Å². The van der Waals surface area contributed by atoms with Gasteiger partial charge in [0.15, 0.2) is 0 Å². The van der Waals surface area contributed by atoms with E-state index < -0.39 is 12.1 Å². The zero-order valence-electron chi connectivity index (χ0n) is 36.4. The van der Waals surface area contributed by atoms with Crippen molar-refractivity contribution in [3.63, 3.8) is 0 Å². The highest BCUT2D eigenvalue weighted by Gasteiger charge is 2.20. The fourth-order valence-corrected chi connectivity index (χ4v) is 6.89. The monoisotopic (exact) mass is 766 g/mol. The Hall–Kier alpha value is -2.17. The van der Waals surface area contributed by atoms with Gasteiger partial charge in [-0.05, 0) is 64.2 Å². The van der Waals surface area contributed by atoms with E-state index in [2.05, 4.69) is 92.1 Å². The lowest BCUT2D eigenvalue weighted by Crippen LogP contribution is -2.45. The van der Waals surface area contributed by atoms with Crippen LogP contribution in [0.5, 0.6) is 0 Å². The van der Waals surface area contributed by atoms with Crippen molar-refractivity contribution in [2.24, 2.45) is 0 Å². The number of allylic oxidation sites excluding steroid dienone is 12. The predicted octanol–water partition coefficient (Wildman–Crippen LogP) is 15.1. The highest BCUT2D eigenvalue weighted by Crippen LogP contribution is 2.15. The molecule has 0 aliphatic carbocycles. The SMILES string of the molecule is CC/C=C\C/C=C\C/C=C\C/C=C\C/C=C\C/C=C\CCCCCCCCCCCCCCCCC(=O)NC(CO)C(O)CCCCCCCCCCCC. The van der Waals surface area contributed by atoms with Crippen LogP contribution in [0.1, 0.15) is 226 Å². The molecule has 0 aromatic heterocycles. The van der Waals surface area contributed by atoms with E-state index >= 15 is 0 Å². The minimum absolute atomic E-state index is 0.0361. The van der Waals surface area contributed by atoms with Crippen molar-refractivity contribution in [1.29, 1.82) is 0 Å². The third-order valence-electron chi connectivity index (χ3n) is 10.5. The van der Waals surface area contributed by atoms with Crippen molar-refractivity contribution in [2.75, 3.05) is 6.61 Å². The molecule has 0 saturated heterocycles. The molecule has 0 saturated carbocycles. The van der Waals surface area contributed by atoms with Crippen LogP contribution in [0.2, 0.25) is 0 Å². The molecule has 0 radical (unpaired) electrons. The van der Waals surface area contributed by atoms with Crippen molar-refractivity contribution in [1.82, 2.24) is 5.32 Å². The van der Waals surface area contributed by atoms with Gasteiger partial charge in [0, 0.05) is 6.42 Å². The minimum Gasteiger partial charge on any atom is -0.394 e. The van der Waals surface area contributed by atoms with Crippen molar-refractivity contribution in [3.8, 4) is 0 Å². The highest BCUT2D eigenvalue weighted by atomic mass is 16.3. The normalized spacial score (nSPS) is 13.6. The van der Waals surface area contributed by atoms with Gasteiger partial charge in [-0.15, -0.1) is 0 Å². The predicted molar refractivity (Wildman–Crippen MR) is 244 cm³/mol. The largest absolute Gasteiger partial charge is 0.394 e. The number of nitrogens with one attached hydrogen (secondary N) is 1. The number of unbranched alkanes of at least 4 members (excludes halogenated alkanes) is 23. The second-order valence-corrected chi connectivity index (χ2v) is 15.8. The molecule has 1 amide bonds. The molecule has 3 N–H and O–H groups in total. The molecule has 2 unspecified atom stereocenters. The highest BCUT2D eigenvalue weighted by molar-refractivity contribution is 5.76. The van der Waals surface area contributed by atoms with Crippen LogP contribution in [0.25, 0.3) is 0 Å². The van der Waals surface area contributed by atoms with Gasteiger partial charge in [0.05, 0.1) is 18.8 Å². The van der Waals surface area contributed by atoms with E-state index in [0.717, 1.165) is 64.2 Å². The Morgan fingerprint density at radius 1 is 0.455 bits per heavy atom. The van der Waals surface area contributed by atoms with Crippen LogP contribution >= 0.6 is 0 Å². The van der Waals surface area contributed by atoms with Crippen LogP contribution < -0.4 is 5.32 Å². The number of carbonyl (C=O) groups excluding carboxylic acids is 1. The summed E-state index contributed by atoms with van der Waals surface area (Å²) >= 11 is 0. The van der Waals surface area contributed by atoms with Crippen LogP contribution in [-0.2, 0) is 4.79 Å².